The molecule has 0 bridgehead atoms. The third kappa shape index (κ3) is 11.4. The quantitative estimate of drug-likeness (QED) is 0.136. The second-order valence-electron chi connectivity index (χ2n) is 13.2. The Morgan fingerprint density at radius 2 is 1.56 bits per heavy atom. The molecule has 240 valence electrons. The summed E-state index contributed by atoms with van der Waals surface area (Å²) in [5, 5.41) is 11.5. The van der Waals surface area contributed by atoms with Crippen LogP contribution in [0.25, 0.3) is 0 Å². The van der Waals surface area contributed by atoms with Crippen LogP contribution in [0.15, 0.2) is 72.8 Å². The molecule has 1 N–H and O–H groups in total. The van der Waals surface area contributed by atoms with Gasteiger partial charge in [-0.3, -0.25) is 4.79 Å². The summed E-state index contributed by atoms with van der Waals surface area (Å²) in [4.78, 5) is 14.4. The second-order valence-corrected chi connectivity index (χ2v) is 17.9. The Balaban J connectivity index is 2.30. The number of Topliss-reactive ketones (excluding diaryl/α,β-unsaturated/α-hetero) is 1. The van der Waals surface area contributed by atoms with Crippen molar-refractivity contribution < 1.29 is 28.5 Å². The molecule has 2 aromatic rings. The lowest BCUT2D eigenvalue weighted by molar-refractivity contribution is -0.145. The van der Waals surface area contributed by atoms with Crippen LogP contribution in [0.1, 0.15) is 72.1 Å². The van der Waals surface area contributed by atoms with Crippen LogP contribution in [0.3, 0.4) is 0 Å². The molecule has 0 aliphatic rings. The zero-order valence-corrected chi connectivity index (χ0v) is 29.1. The number of methoxy groups -OCH3 is 1. The van der Waals surface area contributed by atoms with Crippen LogP contribution < -0.4 is 0 Å². The average molecular weight is 613 g/mol. The number of ketones is 1. The highest BCUT2D eigenvalue weighted by molar-refractivity contribution is 6.74. The van der Waals surface area contributed by atoms with Gasteiger partial charge in [0, 0.05) is 25.4 Å². The van der Waals surface area contributed by atoms with E-state index in [-0.39, 0.29) is 35.9 Å². The second kappa shape index (κ2) is 17.4. The number of benzene rings is 2. The van der Waals surface area contributed by atoms with E-state index in [0.717, 1.165) is 11.1 Å². The summed E-state index contributed by atoms with van der Waals surface area (Å²) in [7, 11) is -0.837. The number of hydrogen-bond acceptors (Lipinski definition) is 6. The molecule has 6 nitrogen and oxygen atoms in total. The number of carbonyl (C=O) groups excluding carboxylic acids is 1. The first-order valence-electron chi connectivity index (χ1n) is 15.6. The average Bonchev–Trinajstić information content (AvgIpc) is 2.97. The van der Waals surface area contributed by atoms with Gasteiger partial charge in [0.05, 0.1) is 37.6 Å². The lowest BCUT2D eigenvalue weighted by atomic mass is 9.85. The molecule has 0 saturated carbocycles. The van der Waals surface area contributed by atoms with Gasteiger partial charge in [-0.25, -0.2) is 0 Å². The van der Waals surface area contributed by atoms with E-state index in [0.29, 0.717) is 6.61 Å². The van der Waals surface area contributed by atoms with Crippen LogP contribution in [0.2, 0.25) is 18.1 Å². The highest BCUT2D eigenvalue weighted by Crippen LogP contribution is 2.39. The van der Waals surface area contributed by atoms with Crippen molar-refractivity contribution in [2.45, 2.75) is 110 Å². The summed E-state index contributed by atoms with van der Waals surface area (Å²) in [5.41, 5.74) is 2.11. The summed E-state index contributed by atoms with van der Waals surface area (Å²) in [6.07, 6.45) is 1.15. The number of rotatable bonds is 18. The molecule has 0 aliphatic carbocycles. The van der Waals surface area contributed by atoms with Gasteiger partial charge in [-0.2, -0.15) is 0 Å². The highest BCUT2D eigenvalue weighted by atomic mass is 28.4. The van der Waals surface area contributed by atoms with Crippen molar-refractivity contribution in [1.82, 2.24) is 0 Å². The Morgan fingerprint density at radius 3 is 2.09 bits per heavy atom. The van der Waals surface area contributed by atoms with E-state index in [2.05, 4.69) is 46.9 Å². The van der Waals surface area contributed by atoms with Crippen molar-refractivity contribution in [2.24, 2.45) is 11.8 Å². The number of allylic oxidation sites excluding steroid dienone is 1. The molecule has 0 amide bonds. The largest absolute Gasteiger partial charge is 0.404 e. The van der Waals surface area contributed by atoms with Gasteiger partial charge in [0.15, 0.2) is 14.1 Å². The Bertz CT molecular complexity index is 1100. The first-order chi connectivity index (χ1) is 20.2. The monoisotopic (exact) mass is 612 g/mol. The third-order valence-electron chi connectivity index (χ3n) is 8.70. The van der Waals surface area contributed by atoms with E-state index in [1.165, 1.54) is 0 Å². The maximum absolute atomic E-state index is 14.4. The third-order valence-corrected chi connectivity index (χ3v) is 13.2. The van der Waals surface area contributed by atoms with Gasteiger partial charge >= 0.3 is 0 Å². The molecule has 0 aromatic heterocycles. The zero-order valence-electron chi connectivity index (χ0n) is 28.1. The lowest BCUT2D eigenvalue weighted by Gasteiger charge is -2.41. The summed E-state index contributed by atoms with van der Waals surface area (Å²) < 4.78 is 24.9. The predicted octanol–water partition coefficient (Wildman–Crippen LogP) is 7.92. The molecule has 0 saturated heterocycles. The van der Waals surface area contributed by atoms with Crippen LogP contribution in [0.4, 0.5) is 0 Å². The molecule has 7 atom stereocenters. The van der Waals surface area contributed by atoms with Crippen LogP contribution in [-0.4, -0.2) is 57.3 Å². The van der Waals surface area contributed by atoms with Gasteiger partial charge in [0.25, 0.3) is 0 Å². The summed E-state index contributed by atoms with van der Waals surface area (Å²) in [5.74, 6) is -0.713. The molecule has 0 unspecified atom stereocenters. The van der Waals surface area contributed by atoms with Crippen LogP contribution in [-0.2, 0) is 30.0 Å². The number of aliphatic hydroxyl groups excluding tert-OH is 1. The maximum atomic E-state index is 14.4. The van der Waals surface area contributed by atoms with E-state index in [9.17, 15) is 9.90 Å². The molecule has 0 spiro atoms. The molecular weight excluding hydrogens is 556 g/mol. The van der Waals surface area contributed by atoms with Crippen LogP contribution in [0, 0.1) is 11.8 Å². The van der Waals surface area contributed by atoms with Crippen molar-refractivity contribution in [2.75, 3.05) is 13.7 Å². The van der Waals surface area contributed by atoms with E-state index in [1.807, 2.05) is 87.5 Å². The standard InChI is InChI=1S/C36H56O6Si/c1-11-18-26(2)34(41-28(4)30-21-16-13-17-22-30)27(3)33(38)35(42-43(9,10)36(5,6)7)32(37)23-31(39-8)25-40-24-29-19-14-12-15-20-29/h11-22,26-28,31-32,34-35,37H,23-25H2,1-10H3/b18-11+/t26-,27-,28+,31-,32-,34-,35+/m0/s1. The zero-order chi connectivity index (χ0) is 32.2. The Kier molecular flexibility index (Phi) is 15.0. The number of carbonyl (C=O) groups is 1. The van der Waals surface area contributed by atoms with Gasteiger partial charge in [0.1, 0.15) is 6.10 Å². The van der Waals surface area contributed by atoms with Gasteiger partial charge in [0.2, 0.25) is 0 Å². The first kappa shape index (κ1) is 37.1. The number of ether oxygens (including phenoxy) is 3. The fourth-order valence-electron chi connectivity index (χ4n) is 4.90. The molecule has 2 rings (SSSR count). The molecular formula is C36H56O6Si. The van der Waals surface area contributed by atoms with Crippen LogP contribution in [0.5, 0.6) is 0 Å². The summed E-state index contributed by atoms with van der Waals surface area (Å²) in [6.45, 7) is 19.3. The van der Waals surface area contributed by atoms with Gasteiger partial charge in [-0.15, -0.1) is 0 Å². The molecule has 0 aliphatic heterocycles. The normalized spacial score (nSPS) is 17.7. The van der Waals surface area contributed by atoms with Gasteiger partial charge in [-0.1, -0.05) is 107 Å². The first-order valence-corrected chi connectivity index (χ1v) is 18.5. The highest BCUT2D eigenvalue weighted by Gasteiger charge is 2.45. The summed E-state index contributed by atoms with van der Waals surface area (Å²) in [6, 6.07) is 20.0. The number of hydrogen-bond donors (Lipinski definition) is 1. The maximum Gasteiger partial charge on any atom is 0.193 e. The van der Waals surface area contributed by atoms with Crippen molar-refractivity contribution in [1.29, 1.82) is 0 Å². The topological polar surface area (TPSA) is 74.2 Å². The molecule has 2 aromatic carbocycles. The minimum atomic E-state index is -2.44. The van der Waals surface area contributed by atoms with Crippen molar-refractivity contribution in [3.63, 3.8) is 0 Å². The predicted molar refractivity (Wildman–Crippen MR) is 177 cm³/mol. The fraction of sp³-hybridized carbons (Fsp3) is 0.583. The minimum absolute atomic E-state index is 0.0288. The van der Waals surface area contributed by atoms with Gasteiger partial charge in [-0.05, 0) is 43.1 Å². The SMILES string of the molecule is C/C=C/[C@H](C)[C@H](O[C@H](C)c1ccccc1)[C@@H](C)C(=O)[C@H](O[Si](C)(C)C(C)(C)C)[C@@H](O)C[C@@H](COCc1ccccc1)OC. The smallest absolute Gasteiger partial charge is 0.193 e. The molecule has 0 heterocycles. The van der Waals surface area contributed by atoms with E-state index >= 15 is 0 Å². The van der Waals surface area contributed by atoms with E-state index in [4.69, 9.17) is 18.6 Å². The molecule has 7 heteroatoms. The minimum Gasteiger partial charge on any atom is -0.404 e. The van der Waals surface area contributed by atoms with E-state index < -0.39 is 38.7 Å². The Hall–Kier alpha value is -2.13. The number of aliphatic hydroxyl groups is 1. The lowest BCUT2D eigenvalue weighted by Crippen LogP contribution is -2.53. The Labute approximate surface area is 261 Å². The van der Waals surface area contributed by atoms with Crippen molar-refractivity contribution in [3.8, 4) is 0 Å². The molecule has 0 radical (unpaired) electrons. The van der Waals surface area contributed by atoms with Crippen molar-refractivity contribution in [3.05, 3.63) is 83.9 Å². The fourth-order valence-corrected chi connectivity index (χ4v) is 6.16. The molecule has 43 heavy (non-hydrogen) atoms. The Morgan fingerprint density at radius 1 is 0.977 bits per heavy atom. The molecule has 0 fully saturated rings. The van der Waals surface area contributed by atoms with Crippen LogP contribution >= 0.6 is 0 Å². The van der Waals surface area contributed by atoms with Gasteiger partial charge < -0.3 is 23.7 Å². The summed E-state index contributed by atoms with van der Waals surface area (Å²) >= 11 is 0. The van der Waals surface area contributed by atoms with Crippen molar-refractivity contribution >= 4 is 14.1 Å². The van der Waals surface area contributed by atoms with E-state index in [1.54, 1.807) is 7.11 Å².